The molecule has 2 aromatic carbocycles. The summed E-state index contributed by atoms with van der Waals surface area (Å²) in [5, 5.41) is 5.75. The van der Waals surface area contributed by atoms with Crippen LogP contribution in [0.2, 0.25) is 5.02 Å². The van der Waals surface area contributed by atoms with Crippen molar-refractivity contribution in [2.75, 3.05) is 6.61 Å². The molecule has 3 rings (SSSR count). The first-order chi connectivity index (χ1) is 10.9. The van der Waals surface area contributed by atoms with Crippen LogP contribution < -0.4 is 14.6 Å². The van der Waals surface area contributed by atoms with Gasteiger partial charge in [-0.1, -0.05) is 29.8 Å². The second-order valence-electron chi connectivity index (χ2n) is 4.99. The smallest absolute Gasteiger partial charge is 0.238 e. The summed E-state index contributed by atoms with van der Waals surface area (Å²) in [6.07, 6.45) is 2.37. The normalized spacial score (nSPS) is 16.2. The summed E-state index contributed by atoms with van der Waals surface area (Å²) >= 11 is 6.14. The van der Waals surface area contributed by atoms with Crippen LogP contribution in [0.25, 0.3) is 6.08 Å². The van der Waals surface area contributed by atoms with E-state index in [0.717, 1.165) is 5.56 Å². The molecule has 0 spiro atoms. The number of nitrogens with two attached hydrogens (primary N) is 1. The number of hydrogen-bond donors (Lipinski definition) is 1. The van der Waals surface area contributed by atoms with Crippen LogP contribution in [0.5, 0.6) is 11.5 Å². The van der Waals surface area contributed by atoms with Crippen molar-refractivity contribution < 1.29 is 17.9 Å². The Labute approximate surface area is 139 Å². The highest BCUT2D eigenvalue weighted by Crippen LogP contribution is 2.34. The molecular weight excluding hydrogens is 338 g/mol. The van der Waals surface area contributed by atoms with Crippen LogP contribution >= 0.6 is 11.6 Å². The molecule has 1 heterocycles. The Bertz CT molecular complexity index is 877. The average Bonchev–Trinajstić information content (AvgIpc) is 2.69. The van der Waals surface area contributed by atoms with E-state index < -0.39 is 10.0 Å². The molecule has 120 valence electrons. The third-order valence-corrected chi connectivity index (χ3v) is 4.57. The molecule has 0 aromatic heterocycles. The predicted molar refractivity (Wildman–Crippen MR) is 88.0 cm³/mol. The highest BCUT2D eigenvalue weighted by molar-refractivity contribution is 7.89. The Morgan fingerprint density at radius 2 is 1.91 bits per heavy atom. The van der Waals surface area contributed by atoms with Gasteiger partial charge in [0.15, 0.2) is 11.5 Å². The third-order valence-electron chi connectivity index (χ3n) is 3.31. The first-order valence-corrected chi connectivity index (χ1v) is 8.78. The molecule has 5 nitrogen and oxygen atoms in total. The molecule has 23 heavy (non-hydrogen) atoms. The van der Waals surface area contributed by atoms with E-state index in [9.17, 15) is 8.42 Å². The van der Waals surface area contributed by atoms with E-state index in [1.54, 1.807) is 6.07 Å². The van der Waals surface area contributed by atoms with E-state index in [1.165, 1.54) is 18.2 Å². The van der Waals surface area contributed by atoms with Gasteiger partial charge in [0.1, 0.15) is 5.76 Å². The van der Waals surface area contributed by atoms with Gasteiger partial charge in [-0.2, -0.15) is 0 Å². The van der Waals surface area contributed by atoms with Gasteiger partial charge in [0.25, 0.3) is 0 Å². The minimum absolute atomic E-state index is 0.0154. The zero-order chi connectivity index (χ0) is 16.4. The lowest BCUT2D eigenvalue weighted by atomic mass is 10.2. The fourth-order valence-electron chi connectivity index (χ4n) is 2.18. The van der Waals surface area contributed by atoms with E-state index in [2.05, 4.69) is 0 Å². The van der Waals surface area contributed by atoms with E-state index in [-0.39, 0.29) is 4.90 Å². The number of hydrogen-bond acceptors (Lipinski definition) is 4. The van der Waals surface area contributed by atoms with E-state index in [0.29, 0.717) is 35.3 Å². The van der Waals surface area contributed by atoms with Gasteiger partial charge >= 0.3 is 0 Å². The standard InChI is InChI=1S/C16H14ClNO4S/c17-14-4-2-1-3-11(14)9-12-7-8-21-16-10-13(23(18,19)20)5-6-15(16)22-12/h1-6,9-10H,7-8H2,(H2,18,19,20)/b12-9+. The number of rotatable bonds is 2. The Kier molecular flexibility index (Phi) is 4.30. The van der Waals surface area contributed by atoms with Crippen LogP contribution in [0.1, 0.15) is 12.0 Å². The number of fused-ring (bicyclic) bond motifs is 1. The summed E-state index contributed by atoms with van der Waals surface area (Å²) in [4.78, 5) is -0.0154. The average molecular weight is 352 g/mol. The Morgan fingerprint density at radius 1 is 1.13 bits per heavy atom. The molecule has 0 bridgehead atoms. The number of sulfonamides is 1. The van der Waals surface area contributed by atoms with Crippen LogP contribution in [0.15, 0.2) is 53.1 Å². The molecule has 0 saturated heterocycles. The van der Waals surface area contributed by atoms with Gasteiger partial charge in [0.05, 0.1) is 11.5 Å². The molecule has 0 amide bonds. The van der Waals surface area contributed by atoms with Crippen LogP contribution in [0.4, 0.5) is 0 Å². The van der Waals surface area contributed by atoms with Crippen LogP contribution in [0, 0.1) is 0 Å². The fourth-order valence-corrected chi connectivity index (χ4v) is 2.90. The minimum atomic E-state index is -3.78. The number of primary sulfonamides is 1. The molecule has 0 atom stereocenters. The van der Waals surface area contributed by atoms with Crippen molar-refractivity contribution in [3.63, 3.8) is 0 Å². The molecule has 1 aliphatic rings. The zero-order valence-electron chi connectivity index (χ0n) is 12.0. The van der Waals surface area contributed by atoms with Crippen molar-refractivity contribution in [3.05, 3.63) is 58.8 Å². The first-order valence-electron chi connectivity index (χ1n) is 6.86. The van der Waals surface area contributed by atoms with Gasteiger partial charge in [0.2, 0.25) is 10.0 Å². The lowest BCUT2D eigenvalue weighted by molar-refractivity contribution is 0.326. The van der Waals surface area contributed by atoms with Crippen LogP contribution in [-0.2, 0) is 10.0 Å². The van der Waals surface area contributed by atoms with E-state index >= 15 is 0 Å². The van der Waals surface area contributed by atoms with E-state index in [4.69, 9.17) is 26.2 Å². The summed E-state index contributed by atoms with van der Waals surface area (Å²) in [7, 11) is -3.78. The summed E-state index contributed by atoms with van der Waals surface area (Å²) < 4.78 is 34.2. The number of halogens is 1. The molecule has 7 heteroatoms. The van der Waals surface area contributed by atoms with Gasteiger partial charge in [-0.05, 0) is 29.8 Å². The molecule has 0 radical (unpaired) electrons. The summed E-state index contributed by atoms with van der Waals surface area (Å²) in [5.74, 6) is 1.47. The molecule has 0 fully saturated rings. The van der Waals surface area contributed by atoms with Crippen molar-refractivity contribution in [2.24, 2.45) is 5.14 Å². The summed E-state index contributed by atoms with van der Waals surface area (Å²) in [5.41, 5.74) is 0.841. The molecule has 2 aromatic rings. The minimum Gasteiger partial charge on any atom is -0.489 e. The molecular formula is C16H14ClNO4S. The lowest BCUT2D eigenvalue weighted by Crippen LogP contribution is -2.12. The van der Waals surface area contributed by atoms with Gasteiger partial charge < -0.3 is 9.47 Å². The van der Waals surface area contributed by atoms with Crippen molar-refractivity contribution >= 4 is 27.7 Å². The van der Waals surface area contributed by atoms with E-state index in [1.807, 2.05) is 24.3 Å². The lowest BCUT2D eigenvalue weighted by Gasteiger charge is -2.09. The zero-order valence-corrected chi connectivity index (χ0v) is 13.6. The second kappa shape index (κ2) is 6.23. The predicted octanol–water partition coefficient (Wildman–Crippen LogP) is 3.19. The van der Waals surface area contributed by atoms with Crippen molar-refractivity contribution in [2.45, 2.75) is 11.3 Å². The van der Waals surface area contributed by atoms with Gasteiger partial charge in [0, 0.05) is 17.5 Å². The highest BCUT2D eigenvalue weighted by atomic mass is 35.5. The van der Waals surface area contributed by atoms with Gasteiger partial charge in [-0.3, -0.25) is 0 Å². The molecule has 0 unspecified atom stereocenters. The molecule has 1 aliphatic heterocycles. The highest BCUT2D eigenvalue weighted by Gasteiger charge is 2.18. The van der Waals surface area contributed by atoms with Crippen molar-refractivity contribution in [3.8, 4) is 11.5 Å². The Balaban J connectivity index is 1.94. The maximum atomic E-state index is 11.4. The first kappa shape index (κ1) is 15.9. The largest absolute Gasteiger partial charge is 0.489 e. The third kappa shape index (κ3) is 3.67. The topological polar surface area (TPSA) is 78.6 Å². The maximum absolute atomic E-state index is 11.4. The van der Waals surface area contributed by atoms with Gasteiger partial charge in [-0.15, -0.1) is 0 Å². The number of ether oxygens (including phenoxy) is 2. The number of benzene rings is 2. The second-order valence-corrected chi connectivity index (χ2v) is 6.95. The quantitative estimate of drug-likeness (QED) is 0.901. The van der Waals surface area contributed by atoms with Crippen LogP contribution in [0.3, 0.4) is 0 Å². The molecule has 0 saturated carbocycles. The summed E-state index contributed by atoms with van der Waals surface area (Å²) in [6.45, 7) is 0.358. The van der Waals surface area contributed by atoms with Gasteiger partial charge in [-0.25, -0.2) is 13.6 Å². The SMILES string of the molecule is NS(=O)(=O)c1ccc2c(c1)OCC/C(=C\c1ccccc1Cl)O2. The molecule has 2 N–H and O–H groups in total. The maximum Gasteiger partial charge on any atom is 0.238 e. The van der Waals surface area contributed by atoms with Crippen molar-refractivity contribution in [1.82, 2.24) is 0 Å². The van der Waals surface area contributed by atoms with Crippen LogP contribution in [-0.4, -0.2) is 15.0 Å². The Morgan fingerprint density at radius 3 is 2.65 bits per heavy atom. The fraction of sp³-hybridized carbons (Fsp3) is 0.125. The Hall–Kier alpha value is -2.02. The van der Waals surface area contributed by atoms with Crippen molar-refractivity contribution in [1.29, 1.82) is 0 Å². The monoisotopic (exact) mass is 351 g/mol. The summed E-state index contributed by atoms with van der Waals surface area (Å²) in [6, 6.07) is 11.7. The molecule has 0 aliphatic carbocycles.